The second-order valence-electron chi connectivity index (χ2n) is 7.25. The summed E-state index contributed by atoms with van der Waals surface area (Å²) in [6.07, 6.45) is 12.4. The zero-order valence-electron chi connectivity index (χ0n) is 18.1. The van der Waals surface area contributed by atoms with Crippen molar-refractivity contribution in [2.75, 3.05) is 26.2 Å². The first-order valence-electron chi connectivity index (χ1n) is 10.5. The van der Waals surface area contributed by atoms with E-state index in [1.165, 1.54) is 94.3 Å². The van der Waals surface area contributed by atoms with Gasteiger partial charge in [0.05, 0.1) is 26.2 Å². The smallest absolute Gasteiger partial charge is 0.176 e. The minimum Gasteiger partial charge on any atom is -1.00 e. The van der Waals surface area contributed by atoms with Gasteiger partial charge in [0.1, 0.15) is 6.07 Å². The number of nitriles is 1. The summed E-state index contributed by atoms with van der Waals surface area (Å²) in [5, 5.41) is 8.24. The highest BCUT2D eigenvalue weighted by Crippen LogP contribution is 2.16. The summed E-state index contributed by atoms with van der Waals surface area (Å²) in [5.74, 6) is -0.600. The molecule has 1 aromatic rings. The summed E-state index contributed by atoms with van der Waals surface area (Å²) in [7, 11) is 0. The van der Waals surface area contributed by atoms with Gasteiger partial charge in [0.15, 0.2) is 11.5 Å². The third-order valence-corrected chi connectivity index (χ3v) is 5.29. The molecule has 162 valence electrons. The van der Waals surface area contributed by atoms with Crippen LogP contribution in [0.4, 0.5) is 4.39 Å². The monoisotopic (exact) mass is 461 g/mol. The number of unbranched alkanes of at least 4 members (excludes halogenated alkanes) is 4. The molecule has 0 fully saturated rings. The molecule has 0 aliphatic carbocycles. The SMILES string of the molecule is CCCC[N+](CCCC)(CCCC)CCCC.N#Cc1ncc(Br)cc1F.[F-]. The van der Waals surface area contributed by atoms with E-state index in [9.17, 15) is 4.39 Å². The third-order valence-electron chi connectivity index (χ3n) is 4.86. The molecule has 0 atom stereocenters. The van der Waals surface area contributed by atoms with Gasteiger partial charge in [-0.3, -0.25) is 0 Å². The number of nitrogens with zero attached hydrogens (tertiary/aromatic N) is 3. The first-order valence-corrected chi connectivity index (χ1v) is 11.3. The third kappa shape index (κ3) is 12.4. The van der Waals surface area contributed by atoms with Crippen molar-refractivity contribution >= 4 is 15.9 Å². The maximum atomic E-state index is 12.5. The van der Waals surface area contributed by atoms with Crippen LogP contribution in [0.1, 0.15) is 84.8 Å². The van der Waals surface area contributed by atoms with Crippen LogP contribution in [0.25, 0.3) is 0 Å². The van der Waals surface area contributed by atoms with Crippen molar-refractivity contribution in [1.82, 2.24) is 4.98 Å². The molecule has 0 N–H and O–H groups in total. The van der Waals surface area contributed by atoms with Crippen LogP contribution in [0.3, 0.4) is 0 Å². The fraction of sp³-hybridized carbons (Fsp3) is 0.727. The van der Waals surface area contributed by atoms with Crippen LogP contribution in [0.5, 0.6) is 0 Å². The van der Waals surface area contributed by atoms with Crippen molar-refractivity contribution in [1.29, 1.82) is 5.26 Å². The predicted octanol–water partition coefficient (Wildman–Crippen LogP) is 3.86. The summed E-state index contributed by atoms with van der Waals surface area (Å²) in [5.41, 5.74) is -0.178. The van der Waals surface area contributed by atoms with E-state index in [-0.39, 0.29) is 10.4 Å². The van der Waals surface area contributed by atoms with Gasteiger partial charge in [-0.05, 0) is 47.7 Å². The number of quaternary nitrogens is 1. The van der Waals surface area contributed by atoms with Crippen molar-refractivity contribution in [2.45, 2.75) is 79.1 Å². The van der Waals surface area contributed by atoms with Gasteiger partial charge >= 0.3 is 0 Å². The lowest BCUT2D eigenvalue weighted by Crippen LogP contribution is -3.00. The minimum absolute atomic E-state index is 0. The molecular formula is C22H38BrF2N3. The second kappa shape index (κ2) is 18.0. The molecule has 1 aromatic heterocycles. The number of hydrogen-bond acceptors (Lipinski definition) is 2. The van der Waals surface area contributed by atoms with Crippen LogP contribution in [-0.2, 0) is 0 Å². The van der Waals surface area contributed by atoms with Gasteiger partial charge < -0.3 is 9.19 Å². The largest absolute Gasteiger partial charge is 1.00 e. The fourth-order valence-electron chi connectivity index (χ4n) is 3.14. The Balaban J connectivity index is 0. The van der Waals surface area contributed by atoms with E-state index < -0.39 is 5.82 Å². The van der Waals surface area contributed by atoms with Gasteiger partial charge in [-0.1, -0.05) is 53.4 Å². The highest BCUT2D eigenvalue weighted by Gasteiger charge is 2.24. The fourth-order valence-corrected chi connectivity index (χ4v) is 3.45. The standard InChI is InChI=1S/C16H36N.C6H2BrFN2.FH/c1-5-9-13-17(14-10-6-2,15-11-7-3)16-12-8-4;7-4-1-5(8)6(2-9)10-3-4;/h5-16H2,1-4H3;1,3H;1H/q+1;;/p-1. The maximum absolute atomic E-state index is 12.5. The molecule has 0 bridgehead atoms. The molecule has 6 heteroatoms. The summed E-state index contributed by atoms with van der Waals surface area (Å²) in [4.78, 5) is 3.51. The van der Waals surface area contributed by atoms with Crippen LogP contribution in [0.15, 0.2) is 16.7 Å². The van der Waals surface area contributed by atoms with Gasteiger partial charge in [0.25, 0.3) is 0 Å². The average molecular weight is 462 g/mol. The summed E-state index contributed by atoms with van der Waals surface area (Å²) >= 11 is 3.01. The highest BCUT2D eigenvalue weighted by atomic mass is 79.9. The Kier molecular flexibility index (Phi) is 18.7. The molecule has 0 saturated heterocycles. The van der Waals surface area contributed by atoms with Crippen LogP contribution < -0.4 is 4.70 Å². The predicted molar refractivity (Wildman–Crippen MR) is 116 cm³/mol. The van der Waals surface area contributed by atoms with Gasteiger partial charge in [-0.25, -0.2) is 9.37 Å². The zero-order chi connectivity index (χ0) is 20.5. The van der Waals surface area contributed by atoms with E-state index in [1.54, 1.807) is 6.07 Å². The Morgan fingerprint density at radius 3 is 1.61 bits per heavy atom. The van der Waals surface area contributed by atoms with E-state index in [0.29, 0.717) is 4.47 Å². The lowest BCUT2D eigenvalue weighted by Gasteiger charge is -2.39. The van der Waals surface area contributed by atoms with Crippen molar-refractivity contribution in [3.8, 4) is 6.07 Å². The lowest BCUT2D eigenvalue weighted by molar-refractivity contribution is -0.929. The van der Waals surface area contributed by atoms with Gasteiger partial charge in [0, 0.05) is 10.7 Å². The number of aromatic nitrogens is 1. The zero-order valence-corrected chi connectivity index (χ0v) is 19.7. The first kappa shape index (κ1) is 29.1. The van der Waals surface area contributed by atoms with E-state index in [4.69, 9.17) is 5.26 Å². The molecule has 0 amide bonds. The van der Waals surface area contributed by atoms with E-state index >= 15 is 0 Å². The number of rotatable bonds is 12. The Labute approximate surface area is 179 Å². The molecule has 28 heavy (non-hydrogen) atoms. The van der Waals surface area contributed by atoms with Crippen molar-refractivity contribution in [3.63, 3.8) is 0 Å². The molecular weight excluding hydrogens is 424 g/mol. The quantitative estimate of drug-likeness (QED) is 0.443. The van der Waals surface area contributed by atoms with E-state index in [1.807, 2.05) is 0 Å². The first-order chi connectivity index (χ1) is 13.0. The number of hydrogen-bond donors (Lipinski definition) is 0. The normalized spacial score (nSPS) is 10.5. The Bertz CT molecular complexity index is 510. The summed E-state index contributed by atoms with van der Waals surface area (Å²) < 4.78 is 14.5. The van der Waals surface area contributed by atoms with E-state index in [0.717, 1.165) is 0 Å². The highest BCUT2D eigenvalue weighted by molar-refractivity contribution is 9.10. The molecule has 0 saturated carbocycles. The summed E-state index contributed by atoms with van der Waals surface area (Å²) in [6.45, 7) is 15.0. The van der Waals surface area contributed by atoms with Gasteiger partial charge in [0.2, 0.25) is 0 Å². The molecule has 0 spiro atoms. The summed E-state index contributed by atoms with van der Waals surface area (Å²) in [6, 6.07) is 2.82. The Hall–Kier alpha value is -1.06. The van der Waals surface area contributed by atoms with Gasteiger partial charge in [-0.2, -0.15) is 5.26 Å². The van der Waals surface area contributed by atoms with Crippen LogP contribution in [0.2, 0.25) is 0 Å². The molecule has 0 radical (unpaired) electrons. The molecule has 0 aromatic carbocycles. The molecule has 1 heterocycles. The number of pyridine rings is 1. The molecule has 0 unspecified atom stereocenters. The maximum Gasteiger partial charge on any atom is 0.176 e. The minimum atomic E-state index is -0.600. The van der Waals surface area contributed by atoms with Crippen LogP contribution in [-0.4, -0.2) is 35.6 Å². The molecule has 0 aliphatic rings. The van der Waals surface area contributed by atoms with Crippen molar-refractivity contribution < 1.29 is 13.6 Å². The molecule has 3 nitrogen and oxygen atoms in total. The Morgan fingerprint density at radius 2 is 1.32 bits per heavy atom. The topological polar surface area (TPSA) is 36.7 Å². The molecule has 0 aliphatic heterocycles. The second-order valence-corrected chi connectivity index (χ2v) is 8.16. The average Bonchev–Trinajstić information content (AvgIpc) is 2.67. The van der Waals surface area contributed by atoms with Crippen LogP contribution >= 0.6 is 15.9 Å². The number of halogens is 3. The Morgan fingerprint density at radius 1 is 0.929 bits per heavy atom. The van der Waals surface area contributed by atoms with Crippen molar-refractivity contribution in [3.05, 3.63) is 28.2 Å². The van der Waals surface area contributed by atoms with E-state index in [2.05, 4.69) is 48.6 Å². The van der Waals surface area contributed by atoms with Crippen molar-refractivity contribution in [2.24, 2.45) is 0 Å². The van der Waals surface area contributed by atoms with Gasteiger partial charge in [-0.15, -0.1) is 0 Å². The lowest BCUT2D eigenvalue weighted by atomic mass is 10.1. The van der Waals surface area contributed by atoms with Crippen LogP contribution in [0, 0.1) is 17.1 Å². The molecule has 1 rings (SSSR count).